The fourth-order valence-corrected chi connectivity index (χ4v) is 2.13. The molecule has 18 heavy (non-hydrogen) atoms. The van der Waals surface area contributed by atoms with Crippen LogP contribution in [0.2, 0.25) is 0 Å². The summed E-state index contributed by atoms with van der Waals surface area (Å²) in [6.07, 6.45) is 4.13. The van der Waals surface area contributed by atoms with E-state index in [2.05, 4.69) is 10.3 Å². The van der Waals surface area contributed by atoms with Crippen LogP contribution in [-0.4, -0.2) is 24.4 Å². The minimum absolute atomic E-state index is 0.0892. The highest BCUT2D eigenvalue weighted by atomic mass is 32.2. The Hall–Kier alpha value is -2.00. The van der Waals surface area contributed by atoms with Crippen LogP contribution in [0.25, 0.3) is 0 Å². The molecule has 0 radical (unpaired) electrons. The topological polar surface area (TPSA) is 68.5 Å². The van der Waals surface area contributed by atoms with Crippen molar-refractivity contribution < 1.29 is 4.79 Å². The molecule has 1 N–H and O–H groups in total. The average molecular weight is 260 g/mol. The molecular formula is C12H12N4OS. The molecule has 1 heterocycles. The van der Waals surface area contributed by atoms with Crippen LogP contribution in [0.3, 0.4) is 0 Å². The second kappa shape index (κ2) is 5.10. The largest absolute Gasteiger partial charge is 0.315 e. The van der Waals surface area contributed by atoms with E-state index in [0.717, 1.165) is 16.9 Å². The predicted molar refractivity (Wildman–Crippen MR) is 72.9 cm³/mol. The molecule has 2 rings (SSSR count). The van der Waals surface area contributed by atoms with Crippen LogP contribution >= 0.6 is 11.8 Å². The van der Waals surface area contributed by atoms with Gasteiger partial charge >= 0.3 is 0 Å². The van der Waals surface area contributed by atoms with Gasteiger partial charge in [-0.05, 0) is 24.0 Å². The Kier molecular flexibility index (Phi) is 3.53. The van der Waals surface area contributed by atoms with Crippen molar-refractivity contribution in [2.45, 2.75) is 6.42 Å². The van der Waals surface area contributed by atoms with E-state index in [-0.39, 0.29) is 5.91 Å². The molecule has 1 amide bonds. The number of thioether (sulfide) groups is 1. The number of likely N-dealkylation sites (N-methyl/N-ethyl adjacent to an activating group) is 1. The molecule has 0 spiro atoms. The maximum Gasteiger partial charge on any atom is 0.231 e. The van der Waals surface area contributed by atoms with Gasteiger partial charge in [0.05, 0.1) is 12.1 Å². The van der Waals surface area contributed by atoms with Crippen LogP contribution in [-0.2, 0) is 11.2 Å². The summed E-state index contributed by atoms with van der Waals surface area (Å²) >= 11 is 1.36. The number of amidine groups is 1. The Morgan fingerprint density at radius 1 is 1.61 bits per heavy atom. The predicted octanol–water partition coefficient (Wildman–Crippen LogP) is 1.63. The molecule has 0 bridgehead atoms. The van der Waals surface area contributed by atoms with Gasteiger partial charge in [-0.15, -0.1) is 0 Å². The molecule has 0 fully saturated rings. The first-order valence-electron chi connectivity index (χ1n) is 5.33. The molecule has 0 unspecified atom stereocenters. The number of rotatable bonds is 1. The van der Waals surface area contributed by atoms with Crippen LogP contribution < -0.4 is 10.2 Å². The number of anilines is 1. The number of fused-ring (bicyclic) bond motifs is 1. The van der Waals surface area contributed by atoms with Crippen LogP contribution in [0.5, 0.6) is 0 Å². The fourth-order valence-electron chi connectivity index (χ4n) is 1.79. The Morgan fingerprint density at radius 2 is 2.39 bits per heavy atom. The fraction of sp³-hybridized carbons (Fsp3) is 0.250. The van der Waals surface area contributed by atoms with E-state index in [9.17, 15) is 4.79 Å². The molecule has 1 aromatic carbocycles. The van der Waals surface area contributed by atoms with E-state index in [4.69, 9.17) is 5.26 Å². The van der Waals surface area contributed by atoms with Crippen LogP contribution in [0.4, 0.5) is 11.4 Å². The third-order valence-corrected chi connectivity index (χ3v) is 3.31. The van der Waals surface area contributed by atoms with Crippen LogP contribution in [0.1, 0.15) is 5.56 Å². The van der Waals surface area contributed by atoms with Crippen molar-refractivity contribution in [2.24, 2.45) is 4.99 Å². The SMILES string of the molecule is CSC(=Nc1ccc2c(c1)N(C)C(=O)C2)NC#N. The second-order valence-electron chi connectivity index (χ2n) is 3.80. The van der Waals surface area contributed by atoms with E-state index in [1.54, 1.807) is 11.9 Å². The van der Waals surface area contributed by atoms with Crippen LogP contribution in [0.15, 0.2) is 23.2 Å². The minimum atomic E-state index is 0.0892. The molecule has 92 valence electrons. The van der Waals surface area contributed by atoms with Crippen molar-refractivity contribution >= 4 is 34.2 Å². The number of aliphatic imine (C=N–C) groups is 1. The lowest BCUT2D eigenvalue weighted by atomic mass is 10.1. The summed E-state index contributed by atoms with van der Waals surface area (Å²) in [5, 5.41) is 11.6. The lowest BCUT2D eigenvalue weighted by molar-refractivity contribution is -0.117. The third-order valence-electron chi connectivity index (χ3n) is 2.73. The smallest absolute Gasteiger partial charge is 0.231 e. The Morgan fingerprint density at radius 3 is 3.06 bits per heavy atom. The number of carbonyl (C=O) groups excluding carboxylic acids is 1. The van der Waals surface area contributed by atoms with Gasteiger partial charge in [0.1, 0.15) is 0 Å². The zero-order chi connectivity index (χ0) is 13.1. The lowest BCUT2D eigenvalue weighted by Crippen LogP contribution is -2.20. The number of nitrogens with zero attached hydrogens (tertiary/aromatic N) is 3. The molecule has 0 aromatic heterocycles. The van der Waals surface area contributed by atoms with Gasteiger partial charge < -0.3 is 4.90 Å². The molecule has 1 aliphatic rings. The van der Waals surface area contributed by atoms with Gasteiger partial charge in [0.15, 0.2) is 11.4 Å². The monoisotopic (exact) mass is 260 g/mol. The van der Waals surface area contributed by atoms with E-state index >= 15 is 0 Å². The number of hydrogen-bond acceptors (Lipinski definition) is 4. The number of carbonyl (C=O) groups is 1. The molecule has 1 aromatic rings. The summed E-state index contributed by atoms with van der Waals surface area (Å²) in [6, 6.07) is 5.61. The molecule has 0 aliphatic carbocycles. The van der Waals surface area contributed by atoms with Crippen LogP contribution in [0, 0.1) is 11.5 Å². The molecule has 0 saturated heterocycles. The first kappa shape index (κ1) is 12.5. The van der Waals surface area contributed by atoms with Gasteiger partial charge in [-0.25, -0.2) is 4.99 Å². The summed E-state index contributed by atoms with van der Waals surface area (Å²) in [7, 11) is 1.75. The van der Waals surface area contributed by atoms with Gasteiger partial charge in [0, 0.05) is 12.7 Å². The average Bonchev–Trinajstić information content (AvgIpc) is 2.65. The standard InChI is InChI=1S/C12H12N4OS/c1-16-10-6-9(15-12(18-2)14-7-13)4-3-8(10)5-11(16)17/h3-4,6H,5H2,1-2H3,(H,14,15). The highest BCUT2D eigenvalue weighted by molar-refractivity contribution is 8.13. The lowest BCUT2D eigenvalue weighted by Gasteiger charge is -2.10. The third kappa shape index (κ3) is 2.31. The highest BCUT2D eigenvalue weighted by Gasteiger charge is 2.23. The number of nitrogens with one attached hydrogen (secondary N) is 1. The Bertz CT molecular complexity index is 562. The summed E-state index contributed by atoms with van der Waals surface area (Å²) in [6.45, 7) is 0. The number of hydrogen-bond donors (Lipinski definition) is 1. The van der Waals surface area contributed by atoms with Crippen molar-refractivity contribution in [2.75, 3.05) is 18.2 Å². The molecule has 5 nitrogen and oxygen atoms in total. The summed E-state index contributed by atoms with van der Waals surface area (Å²) in [5.74, 6) is 0.0892. The highest BCUT2D eigenvalue weighted by Crippen LogP contribution is 2.31. The van der Waals surface area contributed by atoms with Gasteiger partial charge in [-0.2, -0.15) is 5.26 Å². The summed E-state index contributed by atoms with van der Waals surface area (Å²) in [5.41, 5.74) is 2.63. The molecule has 0 saturated carbocycles. The number of benzene rings is 1. The van der Waals surface area contributed by atoms with E-state index in [0.29, 0.717) is 11.6 Å². The molecule has 1 aliphatic heterocycles. The summed E-state index contributed by atoms with van der Waals surface area (Å²) < 4.78 is 0. The first-order valence-corrected chi connectivity index (χ1v) is 6.55. The summed E-state index contributed by atoms with van der Waals surface area (Å²) in [4.78, 5) is 17.5. The number of nitriles is 1. The van der Waals surface area contributed by atoms with Gasteiger partial charge in [0.2, 0.25) is 5.91 Å². The maximum absolute atomic E-state index is 11.6. The Balaban J connectivity index is 2.33. The second-order valence-corrected chi connectivity index (χ2v) is 4.60. The van der Waals surface area contributed by atoms with E-state index < -0.39 is 0 Å². The quantitative estimate of drug-likeness (QED) is 0.360. The van der Waals surface area contributed by atoms with Crippen molar-refractivity contribution in [3.63, 3.8) is 0 Å². The molecule has 6 heteroatoms. The first-order chi connectivity index (χ1) is 8.65. The van der Waals surface area contributed by atoms with Crippen molar-refractivity contribution in [3.8, 4) is 6.19 Å². The Labute approximate surface area is 109 Å². The zero-order valence-corrected chi connectivity index (χ0v) is 10.9. The van der Waals surface area contributed by atoms with Crippen molar-refractivity contribution in [1.29, 1.82) is 5.26 Å². The van der Waals surface area contributed by atoms with E-state index in [1.807, 2.05) is 30.6 Å². The van der Waals surface area contributed by atoms with E-state index in [1.165, 1.54) is 11.8 Å². The minimum Gasteiger partial charge on any atom is -0.315 e. The van der Waals surface area contributed by atoms with Crippen molar-refractivity contribution in [3.05, 3.63) is 23.8 Å². The van der Waals surface area contributed by atoms with Gasteiger partial charge in [-0.3, -0.25) is 10.1 Å². The van der Waals surface area contributed by atoms with Gasteiger partial charge in [-0.1, -0.05) is 17.8 Å². The maximum atomic E-state index is 11.6. The zero-order valence-electron chi connectivity index (χ0n) is 10.1. The number of amides is 1. The van der Waals surface area contributed by atoms with Gasteiger partial charge in [0.25, 0.3) is 0 Å². The normalized spacial score (nSPS) is 14.4. The van der Waals surface area contributed by atoms with Crippen molar-refractivity contribution in [1.82, 2.24) is 5.32 Å². The molecule has 0 atom stereocenters. The molecular weight excluding hydrogens is 248 g/mol.